The normalized spacial score (nSPS) is 17.0. The van der Waals surface area contributed by atoms with Crippen LogP contribution < -0.4 is 5.32 Å². The van der Waals surface area contributed by atoms with E-state index in [1.54, 1.807) is 6.26 Å². The van der Waals surface area contributed by atoms with Gasteiger partial charge in [0.1, 0.15) is 10.4 Å². The summed E-state index contributed by atoms with van der Waals surface area (Å²) >= 11 is 12.4. The predicted octanol–water partition coefficient (Wildman–Crippen LogP) is 4.10. The van der Waals surface area contributed by atoms with Crippen LogP contribution in [0, 0.1) is 0 Å². The molecule has 0 aliphatic heterocycles. The molecule has 1 heterocycles. The predicted molar refractivity (Wildman–Crippen MR) is 77.6 cm³/mol. The first kappa shape index (κ1) is 13.7. The number of benzene rings is 1. The van der Waals surface area contributed by atoms with Crippen LogP contribution in [0.4, 0.5) is 0 Å². The van der Waals surface area contributed by atoms with Crippen LogP contribution in [0.2, 0.25) is 0 Å². The summed E-state index contributed by atoms with van der Waals surface area (Å²) in [4.78, 5) is -0.496. The molecule has 98 valence electrons. The highest BCUT2D eigenvalue weighted by Crippen LogP contribution is 2.38. The van der Waals surface area contributed by atoms with Crippen LogP contribution in [0.3, 0.4) is 0 Å². The second-order valence-electron chi connectivity index (χ2n) is 4.77. The van der Waals surface area contributed by atoms with E-state index in [0.717, 1.165) is 16.5 Å². The molecule has 2 nitrogen and oxygen atoms in total. The zero-order valence-electron chi connectivity index (χ0n) is 10.7. The molecule has 2 aromatic rings. The van der Waals surface area contributed by atoms with Gasteiger partial charge in [0, 0.05) is 16.8 Å². The lowest BCUT2D eigenvalue weighted by molar-refractivity contribution is 0.373. The maximum atomic E-state index is 6.22. The van der Waals surface area contributed by atoms with Gasteiger partial charge in [-0.25, -0.2) is 0 Å². The van der Waals surface area contributed by atoms with Gasteiger partial charge in [-0.1, -0.05) is 13.0 Å². The highest BCUT2D eigenvalue weighted by molar-refractivity contribution is 6.45. The first-order valence-corrected chi connectivity index (χ1v) is 6.80. The molecule has 0 saturated heterocycles. The fourth-order valence-corrected chi connectivity index (χ4v) is 2.80. The van der Waals surface area contributed by atoms with Crippen LogP contribution in [0.15, 0.2) is 34.9 Å². The minimum Gasteiger partial charge on any atom is -0.464 e. The lowest BCUT2D eigenvalue weighted by Crippen LogP contribution is -2.47. The van der Waals surface area contributed by atoms with Crippen LogP contribution in [-0.4, -0.2) is 17.9 Å². The smallest absolute Gasteiger partial charge is 0.133 e. The van der Waals surface area contributed by atoms with E-state index >= 15 is 0 Å². The number of likely N-dealkylation sites (N-methyl/N-ethyl adjacent to an activating group) is 1. The number of rotatable bonds is 4. The van der Waals surface area contributed by atoms with Crippen molar-refractivity contribution in [2.75, 3.05) is 7.05 Å². The van der Waals surface area contributed by atoms with Gasteiger partial charge in [0.15, 0.2) is 0 Å². The average molecular weight is 286 g/mol. The minimum atomic E-state index is -0.496. The fraction of sp³-hybridized carbons (Fsp3) is 0.429. The van der Waals surface area contributed by atoms with E-state index in [1.807, 2.05) is 25.2 Å². The first-order valence-electron chi connectivity index (χ1n) is 5.93. The van der Waals surface area contributed by atoms with Crippen molar-refractivity contribution in [1.29, 1.82) is 0 Å². The minimum absolute atomic E-state index is 0.154. The Morgan fingerprint density at radius 2 is 2.00 bits per heavy atom. The third-order valence-electron chi connectivity index (χ3n) is 3.86. The molecule has 2 unspecified atom stereocenters. The van der Waals surface area contributed by atoms with Crippen LogP contribution in [0.1, 0.15) is 19.4 Å². The second-order valence-corrected chi connectivity index (χ2v) is 5.86. The van der Waals surface area contributed by atoms with Crippen LogP contribution in [-0.2, 0) is 5.41 Å². The first-order chi connectivity index (χ1) is 8.50. The van der Waals surface area contributed by atoms with Crippen LogP contribution in [0.25, 0.3) is 11.0 Å². The summed E-state index contributed by atoms with van der Waals surface area (Å²) in [5, 5.41) is 4.30. The Morgan fingerprint density at radius 1 is 1.28 bits per heavy atom. The van der Waals surface area contributed by atoms with Gasteiger partial charge in [0.2, 0.25) is 0 Å². The summed E-state index contributed by atoms with van der Waals surface area (Å²) in [6, 6.07) is 8.17. The molecule has 0 radical (unpaired) electrons. The molecule has 0 aliphatic rings. The number of hydrogen-bond acceptors (Lipinski definition) is 2. The number of furan rings is 1. The van der Waals surface area contributed by atoms with Crippen LogP contribution in [0.5, 0.6) is 0 Å². The third-order valence-corrected chi connectivity index (χ3v) is 4.77. The zero-order valence-corrected chi connectivity index (χ0v) is 12.2. The summed E-state index contributed by atoms with van der Waals surface area (Å²) < 4.78 is 5.35. The summed E-state index contributed by atoms with van der Waals surface area (Å²) in [6.45, 7) is 4.15. The van der Waals surface area contributed by atoms with E-state index in [-0.39, 0.29) is 11.5 Å². The molecular formula is C14H17Cl2NO. The summed E-state index contributed by atoms with van der Waals surface area (Å²) in [6.07, 6.45) is 1.69. The standard InChI is InChI=1S/C14H17Cl2NO/c1-9(17-3)14(2,13(15)16)11-4-5-12-10(8-11)6-7-18-12/h4-9,13,17H,1-3H3. The van der Waals surface area contributed by atoms with Crippen molar-refractivity contribution in [3.8, 4) is 0 Å². The molecule has 0 amide bonds. The largest absolute Gasteiger partial charge is 0.464 e. The molecule has 18 heavy (non-hydrogen) atoms. The highest BCUT2D eigenvalue weighted by Gasteiger charge is 2.38. The molecule has 0 bridgehead atoms. The van der Waals surface area contributed by atoms with Gasteiger partial charge >= 0.3 is 0 Å². The van der Waals surface area contributed by atoms with E-state index in [0.29, 0.717) is 0 Å². The molecule has 0 aliphatic carbocycles. The lowest BCUT2D eigenvalue weighted by Gasteiger charge is -2.37. The van der Waals surface area contributed by atoms with Crippen molar-refractivity contribution in [2.24, 2.45) is 0 Å². The van der Waals surface area contributed by atoms with E-state index < -0.39 is 4.84 Å². The Bertz CT molecular complexity index is 537. The molecule has 1 aromatic heterocycles. The molecule has 1 aromatic carbocycles. The van der Waals surface area contributed by atoms with Gasteiger partial charge in [-0.05, 0) is 37.7 Å². The van der Waals surface area contributed by atoms with Crippen molar-refractivity contribution in [2.45, 2.75) is 30.1 Å². The maximum Gasteiger partial charge on any atom is 0.133 e. The number of fused-ring (bicyclic) bond motifs is 1. The van der Waals surface area contributed by atoms with Gasteiger partial charge in [-0.3, -0.25) is 0 Å². The number of halogens is 2. The van der Waals surface area contributed by atoms with Crippen molar-refractivity contribution in [3.63, 3.8) is 0 Å². The maximum absolute atomic E-state index is 6.22. The number of hydrogen-bond donors (Lipinski definition) is 1. The third kappa shape index (κ3) is 2.13. The second kappa shape index (κ2) is 5.12. The van der Waals surface area contributed by atoms with Crippen LogP contribution >= 0.6 is 23.2 Å². The average Bonchev–Trinajstić information content (AvgIpc) is 2.83. The highest BCUT2D eigenvalue weighted by atomic mass is 35.5. The number of alkyl halides is 2. The van der Waals surface area contributed by atoms with Crippen molar-refractivity contribution in [1.82, 2.24) is 5.32 Å². The van der Waals surface area contributed by atoms with Crippen molar-refractivity contribution >= 4 is 34.2 Å². The van der Waals surface area contributed by atoms with Gasteiger partial charge in [-0.15, -0.1) is 23.2 Å². The summed E-state index contributed by atoms with van der Waals surface area (Å²) in [5.41, 5.74) is 1.62. The number of nitrogens with one attached hydrogen (secondary N) is 1. The van der Waals surface area contributed by atoms with Crippen molar-refractivity contribution in [3.05, 3.63) is 36.1 Å². The quantitative estimate of drug-likeness (QED) is 0.856. The molecule has 2 atom stereocenters. The van der Waals surface area contributed by atoms with E-state index in [2.05, 4.69) is 25.2 Å². The Hall–Kier alpha value is -0.700. The topological polar surface area (TPSA) is 25.2 Å². The Balaban J connectivity index is 2.53. The molecular weight excluding hydrogens is 269 g/mol. The molecule has 0 fully saturated rings. The SMILES string of the molecule is CNC(C)C(C)(c1ccc2occc2c1)C(Cl)Cl. The molecule has 4 heteroatoms. The summed E-state index contributed by atoms with van der Waals surface area (Å²) in [7, 11) is 1.91. The molecule has 0 saturated carbocycles. The van der Waals surface area contributed by atoms with E-state index in [1.165, 1.54) is 0 Å². The van der Waals surface area contributed by atoms with Crippen molar-refractivity contribution < 1.29 is 4.42 Å². The Labute approximate surface area is 117 Å². The van der Waals surface area contributed by atoms with E-state index in [4.69, 9.17) is 27.6 Å². The molecule has 0 spiro atoms. The Morgan fingerprint density at radius 3 is 2.61 bits per heavy atom. The van der Waals surface area contributed by atoms with Gasteiger partial charge in [0.05, 0.1) is 6.26 Å². The van der Waals surface area contributed by atoms with Gasteiger partial charge < -0.3 is 9.73 Å². The molecule has 1 N–H and O–H groups in total. The fourth-order valence-electron chi connectivity index (χ4n) is 2.17. The lowest BCUT2D eigenvalue weighted by atomic mass is 9.77. The zero-order chi connectivity index (χ0) is 13.3. The van der Waals surface area contributed by atoms with E-state index in [9.17, 15) is 0 Å². The summed E-state index contributed by atoms with van der Waals surface area (Å²) in [5.74, 6) is 0. The monoisotopic (exact) mass is 285 g/mol. The molecule has 2 rings (SSSR count). The van der Waals surface area contributed by atoms with Gasteiger partial charge in [-0.2, -0.15) is 0 Å². The Kier molecular flexibility index (Phi) is 3.90. The van der Waals surface area contributed by atoms with Gasteiger partial charge in [0.25, 0.3) is 0 Å².